The topological polar surface area (TPSA) is 78.3 Å². The van der Waals surface area contributed by atoms with Crippen molar-refractivity contribution < 1.29 is 4.74 Å². The number of imidazole rings is 1. The Morgan fingerprint density at radius 1 is 1.40 bits per heavy atom. The summed E-state index contributed by atoms with van der Waals surface area (Å²) in [6.07, 6.45) is 0. The van der Waals surface area contributed by atoms with Gasteiger partial charge in [-0.2, -0.15) is 5.10 Å². The number of aromatic nitrogens is 3. The zero-order valence-electron chi connectivity index (χ0n) is 12.1. The molecule has 0 fully saturated rings. The molecular formula is C13H18ClN5O. The van der Waals surface area contributed by atoms with Gasteiger partial charge in [-0.15, -0.1) is 0 Å². The fourth-order valence-electron chi connectivity index (χ4n) is 1.91. The number of hydrogen-bond acceptors (Lipinski definition) is 5. The number of nitrogens with two attached hydrogens (primary N) is 1. The van der Waals surface area contributed by atoms with E-state index in [1.165, 1.54) is 0 Å². The Bertz CT molecular complexity index is 673. The van der Waals surface area contributed by atoms with Crippen LogP contribution in [-0.2, 0) is 11.3 Å². The minimum atomic E-state index is 0.302. The number of rotatable bonds is 4. The molecule has 0 aromatic carbocycles. The summed E-state index contributed by atoms with van der Waals surface area (Å²) in [5.41, 5.74) is 8.98. The second kappa shape index (κ2) is 5.76. The van der Waals surface area contributed by atoms with Gasteiger partial charge in [0.15, 0.2) is 11.6 Å². The van der Waals surface area contributed by atoms with Crippen LogP contribution in [0, 0.1) is 6.92 Å². The van der Waals surface area contributed by atoms with Crippen molar-refractivity contribution in [2.24, 2.45) is 5.10 Å². The molecule has 0 radical (unpaired) electrons. The Morgan fingerprint density at radius 2 is 2.10 bits per heavy atom. The van der Waals surface area contributed by atoms with Crippen molar-refractivity contribution in [2.45, 2.75) is 34.3 Å². The quantitative estimate of drug-likeness (QED) is 0.695. The van der Waals surface area contributed by atoms with E-state index in [0.717, 1.165) is 16.8 Å². The van der Waals surface area contributed by atoms with Gasteiger partial charge >= 0.3 is 0 Å². The molecule has 108 valence electrons. The zero-order valence-corrected chi connectivity index (χ0v) is 12.8. The number of aryl methyl sites for hydroxylation is 1. The first kappa shape index (κ1) is 14.7. The molecule has 2 rings (SSSR count). The highest BCUT2D eigenvalue weighted by molar-refractivity contribution is 6.31. The molecule has 0 saturated heterocycles. The minimum absolute atomic E-state index is 0.302. The summed E-state index contributed by atoms with van der Waals surface area (Å²) in [7, 11) is 0. The molecule has 0 unspecified atom stereocenters. The van der Waals surface area contributed by atoms with E-state index in [1.807, 2.05) is 27.7 Å². The highest BCUT2D eigenvalue weighted by Gasteiger charge is 2.18. The van der Waals surface area contributed by atoms with Crippen LogP contribution in [0.5, 0.6) is 0 Å². The van der Waals surface area contributed by atoms with Gasteiger partial charge < -0.3 is 10.5 Å². The Balaban J connectivity index is 2.77. The van der Waals surface area contributed by atoms with E-state index < -0.39 is 0 Å². The van der Waals surface area contributed by atoms with Gasteiger partial charge in [-0.25, -0.2) is 14.6 Å². The summed E-state index contributed by atoms with van der Waals surface area (Å²) < 4.78 is 7.17. The molecule has 0 spiro atoms. The Hall–Kier alpha value is -1.66. The van der Waals surface area contributed by atoms with E-state index >= 15 is 0 Å². The molecule has 7 heteroatoms. The molecule has 0 saturated carbocycles. The third-order valence-corrected chi connectivity index (χ3v) is 3.15. The predicted octanol–water partition coefficient (Wildman–Crippen LogP) is 2.76. The average Bonchev–Trinajstić information content (AvgIpc) is 2.72. The van der Waals surface area contributed by atoms with E-state index in [0.29, 0.717) is 35.5 Å². The number of nitrogen functional groups attached to an aromatic ring is 1. The zero-order chi connectivity index (χ0) is 14.9. The van der Waals surface area contributed by atoms with Crippen LogP contribution in [0.1, 0.15) is 32.2 Å². The number of halogens is 1. The maximum atomic E-state index is 6.10. The highest BCUT2D eigenvalue weighted by atomic mass is 35.5. The summed E-state index contributed by atoms with van der Waals surface area (Å²) in [6, 6.07) is 0. The van der Waals surface area contributed by atoms with E-state index in [4.69, 9.17) is 22.1 Å². The Morgan fingerprint density at radius 3 is 2.70 bits per heavy atom. The van der Waals surface area contributed by atoms with Crippen molar-refractivity contribution in [3.05, 3.63) is 16.5 Å². The first-order valence-corrected chi connectivity index (χ1v) is 6.76. The van der Waals surface area contributed by atoms with Gasteiger partial charge in [0.2, 0.25) is 0 Å². The van der Waals surface area contributed by atoms with Gasteiger partial charge in [0.25, 0.3) is 0 Å². The second-order valence-corrected chi connectivity index (χ2v) is 4.99. The molecule has 0 amide bonds. The van der Waals surface area contributed by atoms with E-state index in [-0.39, 0.29) is 0 Å². The number of hydrogen-bond donors (Lipinski definition) is 1. The normalized spacial score (nSPS) is 11.1. The lowest BCUT2D eigenvalue weighted by atomic mass is 10.2. The van der Waals surface area contributed by atoms with Crippen LogP contribution in [0.25, 0.3) is 11.0 Å². The van der Waals surface area contributed by atoms with Crippen molar-refractivity contribution in [1.29, 1.82) is 0 Å². The number of nitrogens with zero attached hydrogens (tertiary/aromatic N) is 4. The number of ether oxygens (including phenoxy) is 1. The summed E-state index contributed by atoms with van der Waals surface area (Å²) in [6.45, 7) is 8.60. The standard InChI is InChI=1S/C13H18ClN5O/c1-5-20-6-9-16-10-11(19(9)18-7(2)3)8(4)12(14)17-13(10)15/h5-6H2,1-4H3,(H2,15,17). The van der Waals surface area contributed by atoms with Crippen molar-refractivity contribution in [1.82, 2.24) is 14.6 Å². The van der Waals surface area contributed by atoms with E-state index in [1.54, 1.807) is 4.68 Å². The first-order chi connectivity index (χ1) is 9.45. The average molecular weight is 296 g/mol. The minimum Gasteiger partial charge on any atom is -0.382 e. The van der Waals surface area contributed by atoms with E-state index in [2.05, 4.69) is 15.1 Å². The van der Waals surface area contributed by atoms with Crippen molar-refractivity contribution >= 4 is 34.2 Å². The number of pyridine rings is 1. The second-order valence-electron chi connectivity index (χ2n) is 4.63. The van der Waals surface area contributed by atoms with Gasteiger partial charge in [-0.3, -0.25) is 0 Å². The van der Waals surface area contributed by atoms with Crippen LogP contribution in [-0.4, -0.2) is 27.0 Å². The number of anilines is 1. The first-order valence-electron chi connectivity index (χ1n) is 6.38. The van der Waals surface area contributed by atoms with Crippen LogP contribution in [0.4, 0.5) is 5.82 Å². The van der Waals surface area contributed by atoms with Gasteiger partial charge in [-0.05, 0) is 27.7 Å². The summed E-state index contributed by atoms with van der Waals surface area (Å²) in [4.78, 5) is 8.58. The monoisotopic (exact) mass is 295 g/mol. The molecule has 0 atom stereocenters. The van der Waals surface area contributed by atoms with Crippen molar-refractivity contribution in [3.8, 4) is 0 Å². The molecule has 2 heterocycles. The third kappa shape index (κ3) is 2.62. The number of fused-ring (bicyclic) bond motifs is 1. The molecule has 0 aliphatic carbocycles. The summed E-state index contributed by atoms with van der Waals surface area (Å²) >= 11 is 6.10. The smallest absolute Gasteiger partial charge is 0.157 e. The molecule has 6 nitrogen and oxygen atoms in total. The maximum absolute atomic E-state index is 6.10. The highest BCUT2D eigenvalue weighted by Crippen LogP contribution is 2.28. The van der Waals surface area contributed by atoms with E-state index in [9.17, 15) is 0 Å². The molecule has 0 bridgehead atoms. The molecule has 2 aromatic heterocycles. The van der Waals surface area contributed by atoms with Gasteiger partial charge in [0, 0.05) is 17.9 Å². The molecule has 20 heavy (non-hydrogen) atoms. The van der Waals surface area contributed by atoms with Crippen LogP contribution < -0.4 is 5.73 Å². The lowest BCUT2D eigenvalue weighted by molar-refractivity contribution is 0.126. The lowest BCUT2D eigenvalue weighted by Crippen LogP contribution is -2.04. The van der Waals surface area contributed by atoms with Crippen LogP contribution >= 0.6 is 11.6 Å². The molecule has 0 aliphatic heterocycles. The molecule has 2 N–H and O–H groups in total. The predicted molar refractivity (Wildman–Crippen MR) is 81.2 cm³/mol. The molecular weight excluding hydrogens is 278 g/mol. The maximum Gasteiger partial charge on any atom is 0.157 e. The Kier molecular flexibility index (Phi) is 4.25. The molecule has 0 aliphatic rings. The van der Waals surface area contributed by atoms with Crippen molar-refractivity contribution in [3.63, 3.8) is 0 Å². The van der Waals surface area contributed by atoms with Crippen LogP contribution in [0.3, 0.4) is 0 Å². The van der Waals surface area contributed by atoms with Crippen LogP contribution in [0.2, 0.25) is 5.15 Å². The lowest BCUT2D eigenvalue weighted by Gasteiger charge is -2.06. The Labute approximate surface area is 122 Å². The SMILES string of the molecule is CCOCc1nc2c(N)nc(Cl)c(C)c2n1N=C(C)C. The largest absolute Gasteiger partial charge is 0.382 e. The van der Waals surface area contributed by atoms with Crippen molar-refractivity contribution in [2.75, 3.05) is 12.3 Å². The van der Waals surface area contributed by atoms with Gasteiger partial charge in [-0.1, -0.05) is 11.6 Å². The van der Waals surface area contributed by atoms with Gasteiger partial charge in [0.1, 0.15) is 22.8 Å². The van der Waals surface area contributed by atoms with Gasteiger partial charge in [0.05, 0.1) is 0 Å². The fraction of sp³-hybridized carbons (Fsp3) is 0.462. The summed E-state index contributed by atoms with van der Waals surface area (Å²) in [5.74, 6) is 0.984. The fourth-order valence-corrected chi connectivity index (χ4v) is 2.09. The summed E-state index contributed by atoms with van der Waals surface area (Å²) in [5, 5.41) is 4.86. The third-order valence-electron chi connectivity index (χ3n) is 2.78. The molecule has 2 aromatic rings. The van der Waals surface area contributed by atoms with Crippen LogP contribution in [0.15, 0.2) is 5.10 Å².